The molecule has 1 amide bonds. The molecule has 0 aliphatic rings. The third-order valence-corrected chi connectivity index (χ3v) is 5.19. The van der Waals surface area contributed by atoms with Crippen LogP contribution < -0.4 is 10.6 Å². The van der Waals surface area contributed by atoms with Gasteiger partial charge in [-0.05, 0) is 48.0 Å². The van der Waals surface area contributed by atoms with Crippen LogP contribution in [0.15, 0.2) is 54.7 Å². The number of fused-ring (bicyclic) bond motifs is 1. The maximum absolute atomic E-state index is 14.3. The molecule has 4 aromatic rings. The highest BCUT2D eigenvalue weighted by atomic mass is 19.4. The van der Waals surface area contributed by atoms with Gasteiger partial charge >= 0.3 is 6.18 Å². The molecule has 0 aliphatic heterocycles. The van der Waals surface area contributed by atoms with Gasteiger partial charge in [0, 0.05) is 24.4 Å². The predicted octanol–water partition coefficient (Wildman–Crippen LogP) is 5.49. The van der Waals surface area contributed by atoms with Crippen LogP contribution in [-0.2, 0) is 12.7 Å². The van der Waals surface area contributed by atoms with Crippen molar-refractivity contribution < 1.29 is 32.3 Å². The number of H-pyrrole nitrogens is 1. The minimum atomic E-state index is -4.86. The van der Waals surface area contributed by atoms with Crippen molar-refractivity contribution in [2.75, 3.05) is 10.6 Å². The van der Waals surface area contributed by atoms with Crippen molar-refractivity contribution in [1.82, 2.24) is 9.97 Å². The summed E-state index contributed by atoms with van der Waals surface area (Å²) in [6.07, 6.45) is -3.30. The Morgan fingerprint density at radius 3 is 2.57 bits per heavy atom. The molecular formula is C24H18F4N4O3. The Kier molecular flexibility index (Phi) is 6.16. The van der Waals surface area contributed by atoms with E-state index in [9.17, 15) is 32.3 Å². The summed E-state index contributed by atoms with van der Waals surface area (Å²) in [5.74, 6) is -2.88. The molecule has 0 atom stereocenters. The second-order valence-corrected chi connectivity index (χ2v) is 7.75. The lowest BCUT2D eigenvalue weighted by atomic mass is 10.1. The molecule has 0 unspecified atom stereocenters. The minimum Gasteiger partial charge on any atom is -0.507 e. The van der Waals surface area contributed by atoms with Crippen molar-refractivity contribution in [3.63, 3.8) is 0 Å². The largest absolute Gasteiger partial charge is 0.507 e. The Balaban J connectivity index is 1.49. The number of phenols is 1. The first kappa shape index (κ1) is 23.7. The fourth-order valence-electron chi connectivity index (χ4n) is 3.38. The first-order chi connectivity index (χ1) is 16.5. The number of nitrogens with zero attached hydrogens (tertiary/aromatic N) is 1. The Bertz CT molecular complexity index is 1450. The number of anilines is 2. The van der Waals surface area contributed by atoms with Crippen LogP contribution in [0.4, 0.5) is 28.9 Å². The average Bonchev–Trinajstić information content (AvgIpc) is 3.23. The predicted molar refractivity (Wildman–Crippen MR) is 121 cm³/mol. The van der Waals surface area contributed by atoms with Crippen LogP contribution in [0.5, 0.6) is 5.75 Å². The Morgan fingerprint density at radius 1 is 1.09 bits per heavy atom. The lowest BCUT2D eigenvalue weighted by Crippen LogP contribution is -2.15. The highest BCUT2D eigenvalue weighted by Crippen LogP contribution is 2.36. The molecular weight excluding hydrogens is 468 g/mol. The first-order valence-corrected chi connectivity index (χ1v) is 10.2. The number of hydrogen-bond acceptors (Lipinski definition) is 5. The van der Waals surface area contributed by atoms with E-state index < -0.39 is 34.8 Å². The molecule has 2 aromatic carbocycles. The molecule has 2 aromatic heterocycles. The summed E-state index contributed by atoms with van der Waals surface area (Å²) in [7, 11) is 0. The van der Waals surface area contributed by atoms with Crippen LogP contribution in [0.2, 0.25) is 0 Å². The fourth-order valence-corrected chi connectivity index (χ4v) is 3.38. The number of Topliss-reactive ketones (excluding diaryl/α,β-unsaturated/α-hetero) is 1. The van der Waals surface area contributed by atoms with Crippen molar-refractivity contribution in [3.05, 3.63) is 82.9 Å². The summed E-state index contributed by atoms with van der Waals surface area (Å²) in [6.45, 7) is 1.66. The molecule has 0 bridgehead atoms. The van der Waals surface area contributed by atoms with Crippen molar-refractivity contribution >= 4 is 34.1 Å². The SMILES string of the molecule is CC(=O)c1cc2cc(NCc3ccc(F)c(NC(=O)c4ccc(O)c(C(F)(F)F)c4)c3)cnc2[nH]1. The average molecular weight is 486 g/mol. The molecule has 7 nitrogen and oxygen atoms in total. The number of amides is 1. The van der Waals surface area contributed by atoms with Crippen LogP contribution in [0, 0.1) is 5.82 Å². The normalized spacial score (nSPS) is 11.5. The zero-order valence-corrected chi connectivity index (χ0v) is 18.1. The van der Waals surface area contributed by atoms with Gasteiger partial charge in [-0.1, -0.05) is 6.07 Å². The fraction of sp³-hybridized carbons (Fsp3) is 0.125. The molecule has 11 heteroatoms. The molecule has 0 radical (unpaired) electrons. The number of phenolic OH excluding ortho intramolecular Hbond substituents is 1. The van der Waals surface area contributed by atoms with Gasteiger partial charge in [-0.3, -0.25) is 9.59 Å². The van der Waals surface area contributed by atoms with Gasteiger partial charge in [-0.2, -0.15) is 13.2 Å². The number of rotatable bonds is 6. The number of alkyl halides is 3. The summed E-state index contributed by atoms with van der Waals surface area (Å²) in [5.41, 5.74) is 0.198. The van der Waals surface area contributed by atoms with E-state index in [4.69, 9.17) is 0 Å². The Hall–Kier alpha value is -4.41. The van der Waals surface area contributed by atoms with E-state index in [0.717, 1.165) is 23.6 Å². The second-order valence-electron chi connectivity index (χ2n) is 7.75. The topological polar surface area (TPSA) is 107 Å². The number of ketones is 1. The maximum Gasteiger partial charge on any atom is 0.419 e. The molecule has 0 fully saturated rings. The highest BCUT2D eigenvalue weighted by Gasteiger charge is 2.34. The van der Waals surface area contributed by atoms with Crippen LogP contribution in [0.25, 0.3) is 11.0 Å². The standard InChI is InChI=1S/C24H18F4N4O3/c1-12(33)19-9-15-7-16(11-30-22(15)31-19)29-10-13-2-4-18(25)20(6-13)32-23(35)14-3-5-21(34)17(8-14)24(26,27)28/h2-9,11,29,34H,10H2,1H3,(H,30,31)(H,32,35). The van der Waals surface area contributed by atoms with E-state index in [1.165, 1.54) is 19.1 Å². The van der Waals surface area contributed by atoms with Gasteiger partial charge in [-0.15, -0.1) is 0 Å². The number of hydrogen-bond donors (Lipinski definition) is 4. The Labute approximate surface area is 195 Å². The third kappa shape index (κ3) is 5.24. The number of aromatic amines is 1. The van der Waals surface area contributed by atoms with Gasteiger partial charge in [-0.25, -0.2) is 9.37 Å². The summed E-state index contributed by atoms with van der Waals surface area (Å²) in [6, 6.07) is 9.66. The smallest absolute Gasteiger partial charge is 0.419 e. The maximum atomic E-state index is 14.3. The zero-order chi connectivity index (χ0) is 25.3. The lowest BCUT2D eigenvalue weighted by molar-refractivity contribution is -0.138. The number of carbonyl (C=O) groups is 2. The number of carbonyl (C=O) groups excluding carboxylic acids is 2. The van der Waals surface area contributed by atoms with E-state index in [0.29, 0.717) is 28.7 Å². The van der Waals surface area contributed by atoms with Crippen LogP contribution in [-0.4, -0.2) is 26.8 Å². The van der Waals surface area contributed by atoms with Crippen LogP contribution in [0.3, 0.4) is 0 Å². The lowest BCUT2D eigenvalue weighted by Gasteiger charge is -2.12. The van der Waals surface area contributed by atoms with Gasteiger partial charge in [0.15, 0.2) is 5.78 Å². The summed E-state index contributed by atoms with van der Waals surface area (Å²) < 4.78 is 53.3. The summed E-state index contributed by atoms with van der Waals surface area (Å²) in [5, 5.41) is 15.5. The van der Waals surface area contributed by atoms with Gasteiger partial charge in [0.1, 0.15) is 17.2 Å². The van der Waals surface area contributed by atoms with Gasteiger partial charge < -0.3 is 20.7 Å². The molecule has 4 rings (SSSR count). The number of nitrogens with one attached hydrogen (secondary N) is 3. The first-order valence-electron chi connectivity index (χ1n) is 10.2. The van der Waals surface area contributed by atoms with Crippen molar-refractivity contribution in [2.24, 2.45) is 0 Å². The van der Waals surface area contributed by atoms with Crippen molar-refractivity contribution in [1.29, 1.82) is 0 Å². The molecule has 0 saturated heterocycles. The van der Waals surface area contributed by atoms with E-state index in [1.807, 2.05) is 0 Å². The molecule has 180 valence electrons. The monoisotopic (exact) mass is 486 g/mol. The summed E-state index contributed by atoms with van der Waals surface area (Å²) >= 11 is 0. The van der Waals surface area contributed by atoms with Crippen molar-refractivity contribution in [3.8, 4) is 5.75 Å². The van der Waals surface area contributed by atoms with Crippen LogP contribution >= 0.6 is 0 Å². The molecule has 35 heavy (non-hydrogen) atoms. The van der Waals surface area contributed by atoms with Gasteiger partial charge in [0.05, 0.1) is 28.8 Å². The molecule has 0 aliphatic carbocycles. The third-order valence-electron chi connectivity index (χ3n) is 5.19. The summed E-state index contributed by atoms with van der Waals surface area (Å²) in [4.78, 5) is 31.1. The Morgan fingerprint density at radius 2 is 1.86 bits per heavy atom. The van der Waals surface area contributed by atoms with Gasteiger partial charge in [0.25, 0.3) is 5.91 Å². The molecule has 4 N–H and O–H groups in total. The number of aromatic nitrogens is 2. The van der Waals surface area contributed by atoms with E-state index in [2.05, 4.69) is 20.6 Å². The zero-order valence-electron chi connectivity index (χ0n) is 18.1. The van der Waals surface area contributed by atoms with Crippen molar-refractivity contribution in [2.45, 2.75) is 19.6 Å². The second kappa shape index (κ2) is 9.09. The van der Waals surface area contributed by atoms with Crippen LogP contribution in [0.1, 0.15) is 38.9 Å². The number of benzene rings is 2. The number of aromatic hydroxyl groups is 1. The number of pyridine rings is 1. The quantitative estimate of drug-likeness (QED) is 0.213. The van der Waals surface area contributed by atoms with E-state index in [1.54, 1.807) is 18.3 Å². The number of halogens is 4. The van der Waals surface area contributed by atoms with E-state index in [-0.39, 0.29) is 18.0 Å². The minimum absolute atomic E-state index is 0.125. The highest BCUT2D eigenvalue weighted by molar-refractivity contribution is 6.04. The molecule has 2 heterocycles. The van der Waals surface area contributed by atoms with E-state index >= 15 is 0 Å². The van der Waals surface area contributed by atoms with Gasteiger partial charge in [0.2, 0.25) is 0 Å². The molecule has 0 saturated carbocycles. The molecule has 0 spiro atoms.